The van der Waals surface area contributed by atoms with Gasteiger partial charge in [-0.1, -0.05) is 6.58 Å². The molecule has 0 bridgehead atoms. The molecule has 0 aromatic rings. The quantitative estimate of drug-likeness (QED) is 0.535. The lowest BCUT2D eigenvalue weighted by Gasteiger charge is -1.98. The van der Waals surface area contributed by atoms with Crippen molar-refractivity contribution in [1.29, 1.82) is 0 Å². The SMILES string of the molecule is C=C(C)/N=N\C(C)OC. The van der Waals surface area contributed by atoms with E-state index in [2.05, 4.69) is 16.8 Å². The number of ether oxygens (including phenoxy) is 1. The first-order valence-electron chi connectivity index (χ1n) is 2.76. The zero-order valence-electron chi connectivity index (χ0n) is 6.09. The van der Waals surface area contributed by atoms with Crippen molar-refractivity contribution in [2.24, 2.45) is 10.2 Å². The van der Waals surface area contributed by atoms with Crippen LogP contribution in [0.15, 0.2) is 22.5 Å². The monoisotopic (exact) mass is 128 g/mol. The van der Waals surface area contributed by atoms with E-state index in [4.69, 9.17) is 4.74 Å². The Labute approximate surface area is 55.4 Å². The number of nitrogens with zero attached hydrogens (tertiary/aromatic N) is 2. The average molecular weight is 128 g/mol. The van der Waals surface area contributed by atoms with E-state index in [-0.39, 0.29) is 6.23 Å². The van der Waals surface area contributed by atoms with E-state index >= 15 is 0 Å². The van der Waals surface area contributed by atoms with E-state index in [1.807, 2.05) is 6.92 Å². The van der Waals surface area contributed by atoms with Crippen molar-refractivity contribution >= 4 is 0 Å². The molecule has 9 heavy (non-hydrogen) atoms. The van der Waals surface area contributed by atoms with Crippen molar-refractivity contribution in [3.63, 3.8) is 0 Å². The number of azo groups is 1. The molecule has 52 valence electrons. The summed E-state index contributed by atoms with van der Waals surface area (Å²) in [6, 6.07) is 0. The molecule has 0 aromatic heterocycles. The minimum absolute atomic E-state index is 0.165. The maximum atomic E-state index is 4.80. The lowest BCUT2D eigenvalue weighted by Crippen LogP contribution is -1.97. The Morgan fingerprint density at radius 2 is 2.22 bits per heavy atom. The number of hydrogen-bond donors (Lipinski definition) is 0. The van der Waals surface area contributed by atoms with Crippen molar-refractivity contribution < 1.29 is 4.74 Å². The van der Waals surface area contributed by atoms with Gasteiger partial charge in [-0.05, 0) is 13.8 Å². The predicted octanol–water partition coefficient (Wildman–Crippen LogP) is 1.96. The van der Waals surface area contributed by atoms with Crippen LogP contribution in [0.3, 0.4) is 0 Å². The molecule has 0 aliphatic rings. The normalized spacial score (nSPS) is 14.1. The minimum atomic E-state index is -0.165. The minimum Gasteiger partial charge on any atom is -0.358 e. The molecule has 0 heterocycles. The van der Waals surface area contributed by atoms with Crippen LogP contribution in [0, 0.1) is 0 Å². The third kappa shape index (κ3) is 5.17. The molecule has 0 amide bonds. The van der Waals surface area contributed by atoms with Crippen LogP contribution in [0.4, 0.5) is 0 Å². The molecule has 0 spiro atoms. The number of allylic oxidation sites excluding steroid dienone is 1. The molecule has 0 aliphatic heterocycles. The molecule has 0 fully saturated rings. The van der Waals surface area contributed by atoms with Crippen LogP contribution in [-0.2, 0) is 4.74 Å². The van der Waals surface area contributed by atoms with Crippen molar-refractivity contribution in [2.45, 2.75) is 20.1 Å². The first kappa shape index (κ1) is 8.30. The maximum absolute atomic E-state index is 4.80. The second-order valence-electron chi connectivity index (χ2n) is 1.79. The highest BCUT2D eigenvalue weighted by atomic mass is 16.5. The first-order chi connectivity index (χ1) is 4.16. The summed E-state index contributed by atoms with van der Waals surface area (Å²) in [6.45, 7) is 7.14. The van der Waals surface area contributed by atoms with E-state index in [9.17, 15) is 0 Å². The van der Waals surface area contributed by atoms with Crippen molar-refractivity contribution in [1.82, 2.24) is 0 Å². The second kappa shape index (κ2) is 4.21. The molecule has 0 aliphatic carbocycles. The molecular weight excluding hydrogens is 116 g/mol. The first-order valence-corrected chi connectivity index (χ1v) is 2.76. The van der Waals surface area contributed by atoms with Crippen molar-refractivity contribution in [2.75, 3.05) is 7.11 Å². The summed E-state index contributed by atoms with van der Waals surface area (Å²) in [5, 5.41) is 7.45. The highest BCUT2D eigenvalue weighted by Crippen LogP contribution is 1.95. The lowest BCUT2D eigenvalue weighted by atomic mass is 10.6. The Bertz CT molecular complexity index is 120. The van der Waals surface area contributed by atoms with Gasteiger partial charge in [-0.15, -0.1) is 0 Å². The molecule has 1 atom stereocenters. The summed E-state index contributed by atoms with van der Waals surface area (Å²) >= 11 is 0. The van der Waals surface area contributed by atoms with Gasteiger partial charge in [0.05, 0.1) is 5.70 Å². The lowest BCUT2D eigenvalue weighted by molar-refractivity contribution is 0.120. The Morgan fingerprint density at radius 1 is 1.67 bits per heavy atom. The Kier molecular flexibility index (Phi) is 3.88. The van der Waals surface area contributed by atoms with Gasteiger partial charge in [0.15, 0.2) is 6.23 Å². The summed E-state index contributed by atoms with van der Waals surface area (Å²) in [4.78, 5) is 0. The summed E-state index contributed by atoms with van der Waals surface area (Å²) < 4.78 is 4.80. The number of methoxy groups -OCH3 is 1. The average Bonchev–Trinajstić information content (AvgIpc) is 1.83. The van der Waals surface area contributed by atoms with Crippen LogP contribution in [0.25, 0.3) is 0 Å². The fourth-order valence-electron chi connectivity index (χ4n) is 0.227. The fraction of sp³-hybridized carbons (Fsp3) is 0.667. The molecule has 3 heteroatoms. The van der Waals surface area contributed by atoms with Gasteiger partial charge in [-0.2, -0.15) is 10.2 Å². The van der Waals surface area contributed by atoms with Gasteiger partial charge in [-0.3, -0.25) is 0 Å². The van der Waals surface area contributed by atoms with Crippen LogP contribution in [0.5, 0.6) is 0 Å². The standard InChI is InChI=1S/C6H12N2O/c1-5(2)7-8-6(3)9-4/h6H,1H2,2-4H3/b8-7-. The van der Waals surface area contributed by atoms with Gasteiger partial charge >= 0.3 is 0 Å². The van der Waals surface area contributed by atoms with Crippen LogP contribution in [-0.4, -0.2) is 13.3 Å². The van der Waals surface area contributed by atoms with Gasteiger partial charge in [-0.25, -0.2) is 0 Å². The summed E-state index contributed by atoms with van der Waals surface area (Å²) in [7, 11) is 1.59. The molecule has 0 rings (SSSR count). The van der Waals surface area contributed by atoms with Crippen molar-refractivity contribution in [3.05, 3.63) is 12.3 Å². The molecule has 0 N–H and O–H groups in total. The largest absolute Gasteiger partial charge is 0.358 e. The van der Waals surface area contributed by atoms with E-state index in [1.54, 1.807) is 14.0 Å². The summed E-state index contributed by atoms with van der Waals surface area (Å²) in [6.07, 6.45) is -0.165. The Hall–Kier alpha value is -0.700. The molecule has 0 saturated heterocycles. The predicted molar refractivity (Wildman–Crippen MR) is 36.1 cm³/mol. The molecule has 3 nitrogen and oxygen atoms in total. The fourth-order valence-corrected chi connectivity index (χ4v) is 0.227. The molecule has 1 unspecified atom stereocenters. The third-order valence-electron chi connectivity index (χ3n) is 0.732. The topological polar surface area (TPSA) is 34.0 Å². The van der Waals surface area contributed by atoms with Gasteiger partial charge in [0.1, 0.15) is 0 Å². The second-order valence-corrected chi connectivity index (χ2v) is 1.79. The van der Waals surface area contributed by atoms with Gasteiger partial charge in [0.25, 0.3) is 0 Å². The van der Waals surface area contributed by atoms with Gasteiger partial charge in [0, 0.05) is 7.11 Å². The molecule has 0 saturated carbocycles. The van der Waals surface area contributed by atoms with E-state index in [0.29, 0.717) is 5.70 Å². The van der Waals surface area contributed by atoms with Crippen molar-refractivity contribution in [3.8, 4) is 0 Å². The van der Waals surface area contributed by atoms with E-state index < -0.39 is 0 Å². The van der Waals surface area contributed by atoms with E-state index in [1.165, 1.54) is 0 Å². The Balaban J connectivity index is 3.56. The highest BCUT2D eigenvalue weighted by Gasteiger charge is 1.90. The van der Waals surface area contributed by atoms with Crippen LogP contribution in [0.2, 0.25) is 0 Å². The molecule has 0 aromatic carbocycles. The van der Waals surface area contributed by atoms with Crippen LogP contribution in [0.1, 0.15) is 13.8 Å². The number of rotatable bonds is 3. The summed E-state index contributed by atoms with van der Waals surface area (Å²) in [5.74, 6) is 0. The smallest absolute Gasteiger partial charge is 0.165 e. The summed E-state index contributed by atoms with van der Waals surface area (Å²) in [5.41, 5.74) is 0.693. The maximum Gasteiger partial charge on any atom is 0.165 e. The molecular formula is C6H12N2O. The Morgan fingerprint density at radius 3 is 2.56 bits per heavy atom. The zero-order chi connectivity index (χ0) is 7.28. The van der Waals surface area contributed by atoms with Crippen LogP contribution < -0.4 is 0 Å². The van der Waals surface area contributed by atoms with Gasteiger partial charge in [0.2, 0.25) is 0 Å². The van der Waals surface area contributed by atoms with Crippen LogP contribution >= 0.6 is 0 Å². The zero-order valence-corrected chi connectivity index (χ0v) is 6.09. The molecule has 0 radical (unpaired) electrons. The third-order valence-corrected chi connectivity index (χ3v) is 0.732. The number of hydrogen-bond acceptors (Lipinski definition) is 3. The highest BCUT2D eigenvalue weighted by molar-refractivity contribution is 4.81. The van der Waals surface area contributed by atoms with Gasteiger partial charge < -0.3 is 4.74 Å². The van der Waals surface area contributed by atoms with E-state index in [0.717, 1.165) is 0 Å².